The van der Waals surface area contributed by atoms with Crippen LogP contribution in [0.25, 0.3) is 11.0 Å². The van der Waals surface area contributed by atoms with Gasteiger partial charge in [0.15, 0.2) is 6.10 Å². The van der Waals surface area contributed by atoms with Crippen molar-refractivity contribution in [1.82, 2.24) is 9.55 Å². The van der Waals surface area contributed by atoms with Gasteiger partial charge in [0.25, 0.3) is 6.01 Å². The van der Waals surface area contributed by atoms with E-state index in [0.717, 1.165) is 16.8 Å². The molecule has 0 saturated heterocycles. The highest BCUT2D eigenvalue weighted by Crippen LogP contribution is 2.34. The van der Waals surface area contributed by atoms with E-state index in [1.807, 2.05) is 16.7 Å². The standard InChI is InChI=1S/C20H20Cl2N2O2/c1-20(2,3)12-4-6-14(7-5-12)25-11-15-10-24-18-16(22)8-13(21)9-17(18)23-19(24)26-15/h4-9,15H,10-11H2,1-3H3/t15-/m0/s1. The van der Waals surface area contributed by atoms with E-state index in [1.54, 1.807) is 12.1 Å². The van der Waals surface area contributed by atoms with Crippen molar-refractivity contribution in [3.8, 4) is 11.8 Å². The van der Waals surface area contributed by atoms with Gasteiger partial charge >= 0.3 is 0 Å². The van der Waals surface area contributed by atoms with Crippen LogP contribution in [0.2, 0.25) is 10.0 Å². The van der Waals surface area contributed by atoms with E-state index >= 15 is 0 Å². The fraction of sp³-hybridized carbons (Fsp3) is 0.350. The molecule has 4 rings (SSSR count). The van der Waals surface area contributed by atoms with Gasteiger partial charge in [-0.05, 0) is 35.2 Å². The van der Waals surface area contributed by atoms with Crippen LogP contribution in [-0.2, 0) is 12.0 Å². The number of benzene rings is 2. The van der Waals surface area contributed by atoms with Crippen LogP contribution in [0, 0.1) is 0 Å². The van der Waals surface area contributed by atoms with Gasteiger partial charge in [0.05, 0.1) is 22.6 Å². The van der Waals surface area contributed by atoms with Gasteiger partial charge in [0, 0.05) is 5.02 Å². The molecule has 0 amide bonds. The minimum Gasteiger partial charge on any atom is -0.490 e. The summed E-state index contributed by atoms with van der Waals surface area (Å²) >= 11 is 12.4. The molecule has 2 aromatic carbocycles. The van der Waals surface area contributed by atoms with Crippen LogP contribution in [0.1, 0.15) is 26.3 Å². The maximum absolute atomic E-state index is 6.33. The number of nitrogens with zero attached hydrogens (tertiary/aromatic N) is 2. The van der Waals surface area contributed by atoms with Crippen LogP contribution < -0.4 is 9.47 Å². The maximum atomic E-state index is 6.33. The number of imidazole rings is 1. The van der Waals surface area contributed by atoms with Crippen LogP contribution in [0.4, 0.5) is 0 Å². The van der Waals surface area contributed by atoms with Crippen molar-refractivity contribution >= 4 is 34.2 Å². The van der Waals surface area contributed by atoms with Gasteiger partial charge in [0.1, 0.15) is 12.4 Å². The van der Waals surface area contributed by atoms with Gasteiger partial charge in [-0.15, -0.1) is 0 Å². The first kappa shape index (κ1) is 17.5. The van der Waals surface area contributed by atoms with Crippen molar-refractivity contribution in [2.45, 2.75) is 38.8 Å². The zero-order chi connectivity index (χ0) is 18.5. The minimum absolute atomic E-state index is 0.101. The quantitative estimate of drug-likeness (QED) is 0.593. The molecular formula is C20H20Cl2N2O2. The van der Waals surface area contributed by atoms with E-state index < -0.39 is 0 Å². The van der Waals surface area contributed by atoms with Crippen molar-refractivity contribution < 1.29 is 9.47 Å². The summed E-state index contributed by atoms with van der Waals surface area (Å²) in [5.41, 5.74) is 3.01. The number of fused-ring (bicyclic) bond motifs is 3. The summed E-state index contributed by atoms with van der Waals surface area (Å²) in [5, 5.41) is 1.15. The van der Waals surface area contributed by atoms with Crippen LogP contribution >= 0.6 is 23.2 Å². The summed E-state index contributed by atoms with van der Waals surface area (Å²) in [6, 6.07) is 12.3. The molecule has 136 valence electrons. The lowest BCUT2D eigenvalue weighted by Crippen LogP contribution is -2.23. The average molecular weight is 391 g/mol. The first-order valence-electron chi connectivity index (χ1n) is 8.56. The minimum atomic E-state index is -0.101. The third kappa shape index (κ3) is 3.24. The molecule has 1 aliphatic heterocycles. The highest BCUT2D eigenvalue weighted by molar-refractivity contribution is 6.38. The largest absolute Gasteiger partial charge is 0.490 e. The molecule has 3 aromatic rings. The Bertz CT molecular complexity index is 959. The highest BCUT2D eigenvalue weighted by atomic mass is 35.5. The fourth-order valence-electron chi connectivity index (χ4n) is 3.14. The topological polar surface area (TPSA) is 36.3 Å². The van der Waals surface area contributed by atoms with Crippen molar-refractivity contribution in [2.24, 2.45) is 0 Å². The second-order valence-electron chi connectivity index (χ2n) is 7.59. The molecule has 2 heterocycles. The molecule has 0 N–H and O–H groups in total. The van der Waals surface area contributed by atoms with E-state index in [2.05, 4.69) is 37.9 Å². The molecule has 0 bridgehead atoms. The molecule has 0 aliphatic carbocycles. The van der Waals surface area contributed by atoms with Crippen molar-refractivity contribution in [1.29, 1.82) is 0 Å². The Morgan fingerprint density at radius 2 is 1.92 bits per heavy atom. The Morgan fingerprint density at radius 3 is 2.62 bits per heavy atom. The Morgan fingerprint density at radius 1 is 1.19 bits per heavy atom. The lowest BCUT2D eigenvalue weighted by Gasteiger charge is -2.19. The molecule has 0 saturated carbocycles. The van der Waals surface area contributed by atoms with Gasteiger partial charge in [-0.25, -0.2) is 0 Å². The summed E-state index contributed by atoms with van der Waals surface area (Å²) in [6.45, 7) is 7.68. The Labute approximate surface area is 162 Å². The van der Waals surface area contributed by atoms with Crippen LogP contribution in [0.5, 0.6) is 11.8 Å². The molecular weight excluding hydrogens is 371 g/mol. The molecule has 26 heavy (non-hydrogen) atoms. The lowest BCUT2D eigenvalue weighted by atomic mass is 9.87. The average Bonchev–Trinajstić information content (AvgIpc) is 3.08. The molecule has 1 atom stereocenters. The summed E-state index contributed by atoms with van der Waals surface area (Å²) in [7, 11) is 0. The van der Waals surface area contributed by atoms with Gasteiger partial charge in [0.2, 0.25) is 0 Å². The van der Waals surface area contributed by atoms with Crippen LogP contribution in [-0.4, -0.2) is 22.3 Å². The number of hydrogen-bond acceptors (Lipinski definition) is 3. The predicted octanol–water partition coefficient (Wildman–Crippen LogP) is 5.48. The monoisotopic (exact) mass is 390 g/mol. The van der Waals surface area contributed by atoms with E-state index in [-0.39, 0.29) is 11.5 Å². The fourth-order valence-corrected chi connectivity index (χ4v) is 3.72. The third-order valence-corrected chi connectivity index (χ3v) is 5.05. The summed E-state index contributed by atoms with van der Waals surface area (Å²) in [6.07, 6.45) is -0.101. The van der Waals surface area contributed by atoms with Gasteiger partial charge in [-0.1, -0.05) is 56.1 Å². The number of halogens is 2. The molecule has 0 radical (unpaired) electrons. The number of hydrogen-bond donors (Lipinski definition) is 0. The molecule has 4 nitrogen and oxygen atoms in total. The van der Waals surface area contributed by atoms with Gasteiger partial charge < -0.3 is 9.47 Å². The second-order valence-corrected chi connectivity index (χ2v) is 8.43. The number of aromatic nitrogens is 2. The Balaban J connectivity index is 1.44. The zero-order valence-electron chi connectivity index (χ0n) is 14.9. The smallest absolute Gasteiger partial charge is 0.297 e. The molecule has 1 aliphatic rings. The van der Waals surface area contributed by atoms with Crippen molar-refractivity contribution in [3.63, 3.8) is 0 Å². The Kier molecular flexibility index (Phi) is 4.28. The summed E-state index contributed by atoms with van der Waals surface area (Å²) < 4.78 is 13.8. The highest BCUT2D eigenvalue weighted by Gasteiger charge is 2.28. The zero-order valence-corrected chi connectivity index (χ0v) is 16.4. The first-order valence-corrected chi connectivity index (χ1v) is 9.32. The van der Waals surface area contributed by atoms with Gasteiger partial charge in [-0.3, -0.25) is 4.57 Å². The molecule has 6 heteroatoms. The lowest BCUT2D eigenvalue weighted by molar-refractivity contribution is 0.144. The number of rotatable bonds is 3. The number of ether oxygens (including phenoxy) is 2. The first-order chi connectivity index (χ1) is 12.3. The maximum Gasteiger partial charge on any atom is 0.297 e. The molecule has 1 aromatic heterocycles. The van der Waals surface area contributed by atoms with Crippen LogP contribution in [0.15, 0.2) is 36.4 Å². The molecule has 0 fully saturated rings. The predicted molar refractivity (Wildman–Crippen MR) is 105 cm³/mol. The summed E-state index contributed by atoms with van der Waals surface area (Å²) in [4.78, 5) is 4.48. The SMILES string of the molecule is CC(C)(C)c1ccc(OC[C@@H]2Cn3c(nc4cc(Cl)cc(Cl)c43)O2)cc1. The van der Waals surface area contributed by atoms with Crippen LogP contribution in [0.3, 0.4) is 0 Å². The second kappa shape index (κ2) is 6.36. The van der Waals surface area contributed by atoms with E-state index in [1.165, 1.54) is 5.56 Å². The summed E-state index contributed by atoms with van der Waals surface area (Å²) in [5.74, 6) is 0.834. The van der Waals surface area contributed by atoms with Crippen molar-refractivity contribution in [3.05, 3.63) is 52.0 Å². The van der Waals surface area contributed by atoms with Gasteiger partial charge in [-0.2, -0.15) is 4.98 Å². The molecule has 0 spiro atoms. The molecule has 0 unspecified atom stereocenters. The normalized spacial score (nSPS) is 16.6. The van der Waals surface area contributed by atoms with Crippen molar-refractivity contribution in [2.75, 3.05) is 6.61 Å². The van der Waals surface area contributed by atoms with E-state index in [4.69, 9.17) is 32.7 Å². The Hall–Kier alpha value is -1.91. The van der Waals surface area contributed by atoms with E-state index in [0.29, 0.717) is 29.2 Å². The van der Waals surface area contributed by atoms with E-state index in [9.17, 15) is 0 Å². The third-order valence-electron chi connectivity index (χ3n) is 4.54.